The van der Waals surface area contributed by atoms with Crippen molar-refractivity contribution >= 4 is 29.0 Å². The number of anilines is 3. The predicted molar refractivity (Wildman–Crippen MR) is 152 cm³/mol. The maximum absolute atomic E-state index is 12.6. The molecule has 0 spiro atoms. The second-order valence-electron chi connectivity index (χ2n) is 11.1. The number of hydrogen-bond donors (Lipinski definition) is 0. The Morgan fingerprint density at radius 3 is 2.55 bits per heavy atom. The Morgan fingerprint density at radius 1 is 0.950 bits per heavy atom. The van der Waals surface area contributed by atoms with Gasteiger partial charge in [0.05, 0.1) is 6.04 Å². The highest BCUT2D eigenvalue weighted by Crippen LogP contribution is 2.38. The fourth-order valence-electron chi connectivity index (χ4n) is 6.15. The van der Waals surface area contributed by atoms with Crippen LogP contribution in [0.15, 0.2) is 42.7 Å². The van der Waals surface area contributed by atoms with Crippen LogP contribution in [0.2, 0.25) is 0 Å². The number of likely N-dealkylation sites (N-methyl/N-ethyl adjacent to an activating group) is 1. The highest BCUT2D eigenvalue weighted by atomic mass is 16.5. The molecule has 3 saturated heterocycles. The van der Waals surface area contributed by atoms with E-state index in [0.29, 0.717) is 37.6 Å². The fourth-order valence-corrected chi connectivity index (χ4v) is 6.15. The van der Waals surface area contributed by atoms with Crippen LogP contribution in [0, 0.1) is 0 Å². The van der Waals surface area contributed by atoms with E-state index in [1.54, 1.807) is 6.20 Å². The van der Waals surface area contributed by atoms with E-state index in [-0.39, 0.29) is 17.9 Å². The summed E-state index contributed by atoms with van der Waals surface area (Å²) in [5.41, 5.74) is 4.65. The monoisotopic (exact) mass is 539 g/mol. The van der Waals surface area contributed by atoms with Crippen LogP contribution in [-0.4, -0.2) is 84.1 Å². The first-order chi connectivity index (χ1) is 19.5. The summed E-state index contributed by atoms with van der Waals surface area (Å²) in [5, 5.41) is 0. The van der Waals surface area contributed by atoms with Gasteiger partial charge >= 0.3 is 0 Å². The zero-order valence-electron chi connectivity index (χ0n) is 22.8. The normalized spacial score (nSPS) is 21.0. The van der Waals surface area contributed by atoms with Crippen molar-refractivity contribution in [3.63, 3.8) is 0 Å². The summed E-state index contributed by atoms with van der Waals surface area (Å²) in [6.07, 6.45) is 7.11. The van der Waals surface area contributed by atoms with Gasteiger partial charge in [0.1, 0.15) is 23.9 Å². The SMILES string of the molecule is CN1CCN(c2nc(Cc3cnc4c(c3)N3C(=O)CC[C@H]3CO4)ncc2-c2ccc(N3CCCC3=O)cc2)CC1. The Kier molecular flexibility index (Phi) is 6.34. The Labute approximate surface area is 233 Å². The molecule has 0 aliphatic carbocycles. The number of fused-ring (bicyclic) bond motifs is 3. The van der Waals surface area contributed by atoms with Crippen LogP contribution in [0.1, 0.15) is 37.1 Å². The third kappa shape index (κ3) is 4.56. The van der Waals surface area contributed by atoms with E-state index >= 15 is 0 Å². The van der Waals surface area contributed by atoms with Gasteiger partial charge < -0.3 is 24.3 Å². The van der Waals surface area contributed by atoms with Crippen molar-refractivity contribution in [2.24, 2.45) is 0 Å². The summed E-state index contributed by atoms with van der Waals surface area (Å²) in [4.78, 5) is 47.5. The molecular weight excluding hydrogens is 506 g/mol. The lowest BCUT2D eigenvalue weighted by Crippen LogP contribution is -2.45. The van der Waals surface area contributed by atoms with Crippen molar-refractivity contribution in [3.8, 4) is 17.0 Å². The van der Waals surface area contributed by atoms with Gasteiger partial charge in [0, 0.05) is 75.6 Å². The molecule has 10 heteroatoms. The van der Waals surface area contributed by atoms with Crippen molar-refractivity contribution in [1.82, 2.24) is 19.9 Å². The zero-order valence-corrected chi connectivity index (χ0v) is 22.8. The van der Waals surface area contributed by atoms with E-state index in [1.165, 1.54) is 0 Å². The van der Waals surface area contributed by atoms with Crippen LogP contribution in [0.25, 0.3) is 11.1 Å². The number of piperazine rings is 1. The van der Waals surface area contributed by atoms with E-state index in [9.17, 15) is 9.59 Å². The molecule has 0 saturated carbocycles. The second-order valence-corrected chi connectivity index (χ2v) is 11.1. The maximum Gasteiger partial charge on any atom is 0.238 e. The number of carbonyl (C=O) groups excluding carboxylic acids is 2. The summed E-state index contributed by atoms with van der Waals surface area (Å²) in [7, 11) is 2.14. The molecule has 206 valence electrons. The number of ether oxygens (including phenoxy) is 1. The lowest BCUT2D eigenvalue weighted by molar-refractivity contribution is -0.118. The topological polar surface area (TPSA) is 95.0 Å². The van der Waals surface area contributed by atoms with Gasteiger partial charge in [0.25, 0.3) is 0 Å². The molecule has 4 aliphatic rings. The third-order valence-electron chi connectivity index (χ3n) is 8.43. The molecule has 2 aromatic heterocycles. The molecule has 6 heterocycles. The van der Waals surface area contributed by atoms with E-state index < -0.39 is 0 Å². The molecule has 0 radical (unpaired) electrons. The van der Waals surface area contributed by atoms with E-state index in [4.69, 9.17) is 14.7 Å². The minimum atomic E-state index is 0.0893. The van der Waals surface area contributed by atoms with Crippen molar-refractivity contribution in [3.05, 3.63) is 54.1 Å². The van der Waals surface area contributed by atoms with Gasteiger partial charge in [0.15, 0.2) is 0 Å². The van der Waals surface area contributed by atoms with E-state index in [2.05, 4.69) is 34.0 Å². The predicted octanol–water partition coefficient (Wildman–Crippen LogP) is 2.90. The smallest absolute Gasteiger partial charge is 0.238 e. The van der Waals surface area contributed by atoms with Crippen LogP contribution in [0.3, 0.4) is 0 Å². The second kappa shape index (κ2) is 10.2. The van der Waals surface area contributed by atoms with Crippen molar-refractivity contribution in [2.75, 3.05) is 61.1 Å². The summed E-state index contributed by atoms with van der Waals surface area (Å²) < 4.78 is 5.84. The molecular formula is C30H33N7O3. The van der Waals surface area contributed by atoms with Gasteiger partial charge in [-0.05, 0) is 49.2 Å². The standard InChI is InChI=1S/C30H33N7O3/c1-34-11-13-35(14-12-34)29-24(21-4-6-22(7-5-21)36-10-2-3-27(36)38)18-31-26(33-29)16-20-15-25-30(32-17-20)40-19-23-8-9-28(39)37(23)25/h4-7,15,17-18,23H,2-3,8-14,16,19H2,1H3/t23-/m0/s1. The molecule has 0 bridgehead atoms. The number of nitrogens with zero attached hydrogens (tertiary/aromatic N) is 7. The Morgan fingerprint density at radius 2 is 1.77 bits per heavy atom. The van der Waals surface area contributed by atoms with Gasteiger partial charge in [-0.1, -0.05) is 12.1 Å². The lowest BCUT2D eigenvalue weighted by Gasteiger charge is -2.34. The van der Waals surface area contributed by atoms with Crippen LogP contribution in [0.5, 0.6) is 5.88 Å². The molecule has 1 aromatic carbocycles. The maximum atomic E-state index is 12.6. The molecule has 0 unspecified atom stereocenters. The average Bonchev–Trinajstić information content (AvgIpc) is 3.59. The molecule has 7 rings (SSSR count). The van der Waals surface area contributed by atoms with E-state index in [0.717, 1.165) is 79.4 Å². The van der Waals surface area contributed by atoms with Crippen LogP contribution >= 0.6 is 0 Å². The molecule has 1 atom stereocenters. The Hall–Kier alpha value is -4.05. The highest BCUT2D eigenvalue weighted by Gasteiger charge is 2.38. The number of pyridine rings is 1. The summed E-state index contributed by atoms with van der Waals surface area (Å²) in [6.45, 7) is 4.98. The quantitative estimate of drug-likeness (QED) is 0.489. The van der Waals surface area contributed by atoms with Gasteiger partial charge in [-0.25, -0.2) is 15.0 Å². The van der Waals surface area contributed by atoms with Crippen LogP contribution in [0.4, 0.5) is 17.2 Å². The first-order valence-corrected chi connectivity index (χ1v) is 14.2. The van der Waals surface area contributed by atoms with Gasteiger partial charge in [0.2, 0.25) is 17.7 Å². The number of rotatable bonds is 5. The Bertz CT molecular complexity index is 1450. The van der Waals surface area contributed by atoms with Crippen molar-refractivity contribution in [2.45, 2.75) is 38.1 Å². The largest absolute Gasteiger partial charge is 0.474 e. The van der Waals surface area contributed by atoms with Crippen molar-refractivity contribution in [1.29, 1.82) is 0 Å². The van der Waals surface area contributed by atoms with Gasteiger partial charge in [-0.3, -0.25) is 9.59 Å². The average molecular weight is 540 g/mol. The van der Waals surface area contributed by atoms with Crippen LogP contribution in [-0.2, 0) is 16.0 Å². The molecule has 2 amide bonds. The molecule has 0 N–H and O–H groups in total. The summed E-state index contributed by atoms with van der Waals surface area (Å²) in [6, 6.07) is 10.3. The molecule has 3 aromatic rings. The Balaban J connectivity index is 1.19. The highest BCUT2D eigenvalue weighted by molar-refractivity contribution is 5.98. The number of amides is 2. The molecule has 10 nitrogen and oxygen atoms in total. The van der Waals surface area contributed by atoms with Crippen molar-refractivity contribution < 1.29 is 14.3 Å². The first kappa shape index (κ1) is 25.0. The lowest BCUT2D eigenvalue weighted by atomic mass is 10.1. The number of aromatic nitrogens is 3. The summed E-state index contributed by atoms with van der Waals surface area (Å²) in [5.74, 6) is 2.47. The first-order valence-electron chi connectivity index (χ1n) is 14.2. The zero-order chi connectivity index (χ0) is 27.2. The number of hydrogen-bond acceptors (Lipinski definition) is 8. The summed E-state index contributed by atoms with van der Waals surface area (Å²) >= 11 is 0. The fraction of sp³-hybridized carbons (Fsp3) is 0.433. The van der Waals surface area contributed by atoms with Crippen LogP contribution < -0.4 is 19.4 Å². The molecule has 4 aliphatic heterocycles. The minimum absolute atomic E-state index is 0.0893. The van der Waals surface area contributed by atoms with E-state index in [1.807, 2.05) is 34.2 Å². The molecule has 40 heavy (non-hydrogen) atoms. The van der Waals surface area contributed by atoms with Gasteiger partial charge in [-0.2, -0.15) is 0 Å². The third-order valence-corrected chi connectivity index (χ3v) is 8.43. The molecule has 3 fully saturated rings. The van der Waals surface area contributed by atoms with Gasteiger partial charge in [-0.15, -0.1) is 0 Å². The minimum Gasteiger partial charge on any atom is -0.474 e. The number of benzene rings is 1. The number of carbonyl (C=O) groups is 2.